The van der Waals surface area contributed by atoms with Crippen LogP contribution in [-0.2, 0) is 22.3 Å². The molecule has 1 N–H and O–H groups in total. The smallest absolute Gasteiger partial charge is 0.416 e. The molecule has 1 amide bonds. The van der Waals surface area contributed by atoms with Gasteiger partial charge in [-0.15, -0.1) is 0 Å². The Bertz CT molecular complexity index is 912. The van der Waals surface area contributed by atoms with Crippen molar-refractivity contribution in [2.24, 2.45) is 0 Å². The first-order valence-electron chi connectivity index (χ1n) is 9.30. The number of nitrogens with zero attached hydrogens (tertiary/aromatic N) is 1. The fourth-order valence-electron chi connectivity index (χ4n) is 3.13. The van der Waals surface area contributed by atoms with Crippen molar-refractivity contribution in [1.82, 2.24) is 0 Å². The SMILES string of the molecule is O=C(O)COCCCCOc1cccc2c1CN(c1ccc(C(F)(F)F)cc1)C2=O. The van der Waals surface area contributed by atoms with Gasteiger partial charge in [0.25, 0.3) is 5.91 Å². The number of fused-ring (bicyclic) bond motifs is 1. The zero-order valence-corrected chi connectivity index (χ0v) is 15.9. The highest BCUT2D eigenvalue weighted by Gasteiger charge is 2.33. The van der Waals surface area contributed by atoms with Crippen LogP contribution in [0, 0.1) is 0 Å². The van der Waals surface area contributed by atoms with E-state index in [2.05, 4.69) is 0 Å². The van der Waals surface area contributed by atoms with Crippen LogP contribution in [0.15, 0.2) is 42.5 Å². The Morgan fingerprint density at radius 2 is 1.77 bits per heavy atom. The van der Waals surface area contributed by atoms with Gasteiger partial charge in [-0.05, 0) is 49.2 Å². The molecule has 30 heavy (non-hydrogen) atoms. The monoisotopic (exact) mass is 423 g/mol. The van der Waals surface area contributed by atoms with Crippen LogP contribution in [0.1, 0.15) is 34.3 Å². The first-order chi connectivity index (χ1) is 14.3. The number of carbonyl (C=O) groups is 2. The predicted octanol–water partition coefficient (Wildman–Crippen LogP) is 4.13. The second-order valence-electron chi connectivity index (χ2n) is 6.72. The number of rotatable bonds is 9. The summed E-state index contributed by atoms with van der Waals surface area (Å²) in [5.74, 6) is -0.771. The van der Waals surface area contributed by atoms with E-state index in [9.17, 15) is 22.8 Å². The van der Waals surface area contributed by atoms with E-state index in [4.69, 9.17) is 14.6 Å². The molecule has 1 aliphatic rings. The van der Waals surface area contributed by atoms with Crippen molar-refractivity contribution in [2.45, 2.75) is 25.6 Å². The second-order valence-corrected chi connectivity index (χ2v) is 6.72. The zero-order valence-electron chi connectivity index (χ0n) is 15.9. The van der Waals surface area contributed by atoms with E-state index < -0.39 is 17.7 Å². The van der Waals surface area contributed by atoms with Crippen LogP contribution in [0.5, 0.6) is 5.75 Å². The maximum absolute atomic E-state index is 12.8. The average molecular weight is 423 g/mol. The quantitative estimate of drug-likeness (QED) is 0.614. The molecule has 0 aromatic heterocycles. The Kier molecular flexibility index (Phi) is 6.61. The molecule has 3 rings (SSSR count). The van der Waals surface area contributed by atoms with Gasteiger partial charge in [-0.2, -0.15) is 13.2 Å². The fourth-order valence-corrected chi connectivity index (χ4v) is 3.13. The van der Waals surface area contributed by atoms with Crippen molar-refractivity contribution in [2.75, 3.05) is 24.7 Å². The lowest BCUT2D eigenvalue weighted by atomic mass is 10.1. The fraction of sp³-hybridized carbons (Fsp3) is 0.333. The van der Waals surface area contributed by atoms with Crippen LogP contribution in [0.3, 0.4) is 0 Å². The molecule has 0 saturated heterocycles. The number of anilines is 1. The van der Waals surface area contributed by atoms with Gasteiger partial charge >= 0.3 is 12.1 Å². The molecule has 0 fully saturated rings. The lowest BCUT2D eigenvalue weighted by molar-refractivity contribution is -0.142. The normalized spacial score (nSPS) is 13.4. The number of carbonyl (C=O) groups excluding carboxylic acids is 1. The summed E-state index contributed by atoms with van der Waals surface area (Å²) in [4.78, 5) is 24.5. The van der Waals surface area contributed by atoms with Crippen molar-refractivity contribution in [3.8, 4) is 5.75 Å². The van der Waals surface area contributed by atoms with Gasteiger partial charge < -0.3 is 19.5 Å². The van der Waals surface area contributed by atoms with Crippen molar-refractivity contribution in [1.29, 1.82) is 0 Å². The molecular weight excluding hydrogens is 403 g/mol. The Balaban J connectivity index is 1.61. The van der Waals surface area contributed by atoms with E-state index in [1.54, 1.807) is 18.2 Å². The van der Waals surface area contributed by atoms with Crippen molar-refractivity contribution >= 4 is 17.6 Å². The summed E-state index contributed by atoms with van der Waals surface area (Å²) in [6.07, 6.45) is -3.17. The third-order valence-corrected chi connectivity index (χ3v) is 4.60. The van der Waals surface area contributed by atoms with Crippen LogP contribution in [0.4, 0.5) is 18.9 Å². The van der Waals surface area contributed by atoms with Gasteiger partial charge in [-0.25, -0.2) is 4.79 Å². The van der Waals surface area contributed by atoms with Gasteiger partial charge in [0, 0.05) is 23.4 Å². The summed E-state index contributed by atoms with van der Waals surface area (Å²) >= 11 is 0. The van der Waals surface area contributed by atoms with Gasteiger partial charge in [0.15, 0.2) is 0 Å². The predicted molar refractivity (Wildman–Crippen MR) is 102 cm³/mol. The van der Waals surface area contributed by atoms with Gasteiger partial charge in [-0.1, -0.05) is 6.07 Å². The molecule has 0 saturated carbocycles. The molecule has 160 valence electrons. The molecule has 2 aromatic rings. The van der Waals surface area contributed by atoms with Gasteiger partial charge in [-0.3, -0.25) is 4.79 Å². The summed E-state index contributed by atoms with van der Waals surface area (Å²) < 4.78 is 49.0. The summed E-state index contributed by atoms with van der Waals surface area (Å²) in [6.45, 7) is 0.538. The Hall–Kier alpha value is -3.07. The number of ether oxygens (including phenoxy) is 2. The highest BCUT2D eigenvalue weighted by atomic mass is 19.4. The van der Waals surface area contributed by atoms with Crippen LogP contribution in [-0.4, -0.2) is 36.8 Å². The molecule has 0 bridgehead atoms. The number of hydrogen-bond acceptors (Lipinski definition) is 4. The molecule has 0 atom stereocenters. The molecule has 9 heteroatoms. The Morgan fingerprint density at radius 1 is 1.07 bits per heavy atom. The number of unbranched alkanes of at least 4 members (excludes halogenated alkanes) is 1. The van der Waals surface area contributed by atoms with Crippen LogP contribution >= 0.6 is 0 Å². The molecule has 6 nitrogen and oxygen atoms in total. The molecule has 2 aromatic carbocycles. The zero-order chi connectivity index (χ0) is 21.7. The Labute approximate surface area is 170 Å². The van der Waals surface area contributed by atoms with Crippen molar-refractivity contribution < 1.29 is 37.3 Å². The van der Waals surface area contributed by atoms with Crippen molar-refractivity contribution in [3.05, 3.63) is 59.2 Å². The largest absolute Gasteiger partial charge is 0.493 e. The lowest BCUT2D eigenvalue weighted by Crippen LogP contribution is -2.23. The highest BCUT2D eigenvalue weighted by Crippen LogP contribution is 2.36. The number of amides is 1. The number of carboxylic acids is 1. The van der Waals surface area contributed by atoms with Gasteiger partial charge in [0.05, 0.1) is 18.7 Å². The third-order valence-electron chi connectivity index (χ3n) is 4.60. The van der Waals surface area contributed by atoms with E-state index in [1.165, 1.54) is 17.0 Å². The maximum Gasteiger partial charge on any atom is 0.416 e. The van der Waals surface area contributed by atoms with Crippen LogP contribution in [0.25, 0.3) is 0 Å². The minimum absolute atomic E-state index is 0.206. The van der Waals surface area contributed by atoms with E-state index >= 15 is 0 Å². The average Bonchev–Trinajstić information content (AvgIpc) is 3.04. The molecule has 0 radical (unpaired) electrons. The minimum Gasteiger partial charge on any atom is -0.493 e. The van der Waals surface area contributed by atoms with Crippen LogP contribution in [0.2, 0.25) is 0 Å². The molecule has 0 aliphatic carbocycles. The molecule has 1 aliphatic heterocycles. The summed E-state index contributed by atoms with van der Waals surface area (Å²) in [5, 5.41) is 8.50. The standard InChI is InChI=1S/C21H20F3NO5/c22-21(23,24)14-6-8-15(9-7-14)25-12-17-16(20(25)28)4-3-5-18(17)30-11-2-1-10-29-13-19(26)27/h3-9H,1-2,10-13H2,(H,26,27). The lowest BCUT2D eigenvalue weighted by Gasteiger charge is -2.17. The molecule has 1 heterocycles. The van der Waals surface area contributed by atoms with Gasteiger partial charge in [0.2, 0.25) is 0 Å². The van der Waals surface area contributed by atoms with E-state index in [-0.39, 0.29) is 19.1 Å². The molecule has 0 spiro atoms. The number of aliphatic carboxylic acids is 1. The summed E-state index contributed by atoms with van der Waals surface area (Å²) in [5.41, 5.74) is 0.749. The number of benzene rings is 2. The minimum atomic E-state index is -4.43. The van der Waals surface area contributed by atoms with E-state index in [0.29, 0.717) is 48.6 Å². The number of alkyl halides is 3. The summed E-state index contributed by atoms with van der Waals surface area (Å²) in [6, 6.07) is 9.56. The first kappa shape index (κ1) is 21.6. The molecular formula is C21H20F3NO5. The topological polar surface area (TPSA) is 76.1 Å². The number of halogens is 3. The van der Waals surface area contributed by atoms with E-state index in [0.717, 1.165) is 12.1 Å². The maximum atomic E-state index is 12.8. The van der Waals surface area contributed by atoms with Crippen LogP contribution < -0.4 is 9.64 Å². The summed E-state index contributed by atoms with van der Waals surface area (Å²) in [7, 11) is 0. The highest BCUT2D eigenvalue weighted by molar-refractivity contribution is 6.10. The molecule has 0 unspecified atom stereocenters. The number of hydrogen-bond donors (Lipinski definition) is 1. The van der Waals surface area contributed by atoms with Gasteiger partial charge in [0.1, 0.15) is 12.4 Å². The van der Waals surface area contributed by atoms with Crippen molar-refractivity contribution in [3.63, 3.8) is 0 Å². The second kappa shape index (κ2) is 9.17. The third kappa shape index (κ3) is 5.10. The Morgan fingerprint density at radius 3 is 2.43 bits per heavy atom. The number of carboxylic acid groups (broad SMARTS) is 1. The van der Waals surface area contributed by atoms with E-state index in [1.807, 2.05) is 0 Å². The first-order valence-corrected chi connectivity index (χ1v) is 9.30.